The third kappa shape index (κ3) is 2.13. The standard InChI is InChI=1S/C13H11F2N5/c1-16-11-7-20-5-4-17-13(20)12(19-11)18-8-2-3-9(14)10(15)6-8/h2-7,16H,1H3,(H,18,19). The second-order valence-electron chi connectivity index (χ2n) is 4.14. The monoisotopic (exact) mass is 275 g/mol. The maximum Gasteiger partial charge on any atom is 0.180 e. The van der Waals surface area contributed by atoms with Crippen molar-refractivity contribution in [2.24, 2.45) is 0 Å². The van der Waals surface area contributed by atoms with Gasteiger partial charge in [0.2, 0.25) is 0 Å². The maximum absolute atomic E-state index is 13.2. The van der Waals surface area contributed by atoms with Gasteiger partial charge in [0.15, 0.2) is 23.1 Å². The average molecular weight is 275 g/mol. The van der Waals surface area contributed by atoms with E-state index < -0.39 is 11.6 Å². The van der Waals surface area contributed by atoms with Gasteiger partial charge in [-0.05, 0) is 12.1 Å². The van der Waals surface area contributed by atoms with Crippen molar-refractivity contribution in [2.45, 2.75) is 0 Å². The molecule has 1 aromatic carbocycles. The van der Waals surface area contributed by atoms with Crippen molar-refractivity contribution < 1.29 is 8.78 Å². The lowest BCUT2D eigenvalue weighted by Crippen LogP contribution is -2.02. The molecule has 3 rings (SSSR count). The van der Waals surface area contributed by atoms with Gasteiger partial charge >= 0.3 is 0 Å². The van der Waals surface area contributed by atoms with Crippen LogP contribution in [0.1, 0.15) is 0 Å². The zero-order valence-electron chi connectivity index (χ0n) is 10.6. The Morgan fingerprint density at radius 2 is 2.05 bits per heavy atom. The molecule has 102 valence electrons. The van der Waals surface area contributed by atoms with Crippen molar-refractivity contribution in [3.05, 3.63) is 48.4 Å². The SMILES string of the molecule is CNc1cn2ccnc2c(Nc2ccc(F)c(F)c2)n1. The molecule has 0 aliphatic heterocycles. The molecule has 20 heavy (non-hydrogen) atoms. The minimum Gasteiger partial charge on any atom is -0.372 e. The van der Waals surface area contributed by atoms with Crippen LogP contribution in [0, 0.1) is 11.6 Å². The Labute approximate surface area is 113 Å². The van der Waals surface area contributed by atoms with Crippen LogP contribution in [0.5, 0.6) is 0 Å². The van der Waals surface area contributed by atoms with Gasteiger partial charge in [0, 0.05) is 31.2 Å². The molecule has 0 aliphatic carbocycles. The normalized spacial score (nSPS) is 10.8. The number of halogens is 2. The topological polar surface area (TPSA) is 54.2 Å². The summed E-state index contributed by atoms with van der Waals surface area (Å²) in [4.78, 5) is 8.49. The van der Waals surface area contributed by atoms with E-state index in [0.717, 1.165) is 12.1 Å². The summed E-state index contributed by atoms with van der Waals surface area (Å²) in [6.45, 7) is 0. The number of nitrogens with zero attached hydrogens (tertiary/aromatic N) is 3. The van der Waals surface area contributed by atoms with Crippen LogP contribution in [0.15, 0.2) is 36.8 Å². The van der Waals surface area contributed by atoms with Crippen LogP contribution in [0.25, 0.3) is 5.65 Å². The van der Waals surface area contributed by atoms with E-state index in [-0.39, 0.29) is 0 Å². The van der Waals surface area contributed by atoms with Gasteiger partial charge in [-0.15, -0.1) is 0 Å². The molecule has 0 saturated heterocycles. The first-order valence-corrected chi connectivity index (χ1v) is 5.91. The molecule has 2 aromatic heterocycles. The second kappa shape index (κ2) is 4.76. The predicted octanol–water partition coefficient (Wildman–Crippen LogP) is 2.79. The summed E-state index contributed by atoms with van der Waals surface area (Å²) >= 11 is 0. The van der Waals surface area contributed by atoms with E-state index in [4.69, 9.17) is 0 Å². The Balaban J connectivity index is 2.04. The number of imidazole rings is 1. The van der Waals surface area contributed by atoms with Crippen LogP contribution in [-0.4, -0.2) is 21.4 Å². The van der Waals surface area contributed by atoms with Gasteiger partial charge in [-0.2, -0.15) is 0 Å². The molecule has 2 heterocycles. The van der Waals surface area contributed by atoms with Gasteiger partial charge in [0.25, 0.3) is 0 Å². The highest BCUT2D eigenvalue weighted by atomic mass is 19.2. The van der Waals surface area contributed by atoms with Crippen molar-refractivity contribution in [1.29, 1.82) is 0 Å². The fourth-order valence-electron chi connectivity index (χ4n) is 1.85. The summed E-state index contributed by atoms with van der Waals surface area (Å²) in [6, 6.07) is 3.57. The van der Waals surface area contributed by atoms with Crippen molar-refractivity contribution in [3.63, 3.8) is 0 Å². The lowest BCUT2D eigenvalue weighted by molar-refractivity contribution is 0.509. The Kier molecular flexibility index (Phi) is 2.94. The molecule has 0 aliphatic rings. The van der Waals surface area contributed by atoms with E-state index in [1.54, 1.807) is 30.0 Å². The first kappa shape index (κ1) is 12.3. The van der Waals surface area contributed by atoms with Crippen molar-refractivity contribution in [2.75, 3.05) is 17.7 Å². The molecule has 0 spiro atoms. The maximum atomic E-state index is 13.2. The summed E-state index contributed by atoms with van der Waals surface area (Å²) in [5.41, 5.74) is 0.989. The van der Waals surface area contributed by atoms with Crippen LogP contribution in [0.3, 0.4) is 0 Å². The van der Waals surface area contributed by atoms with Crippen molar-refractivity contribution >= 4 is 23.0 Å². The molecule has 0 unspecified atom stereocenters. The van der Waals surface area contributed by atoms with E-state index >= 15 is 0 Å². The molecular formula is C13H11F2N5. The minimum absolute atomic E-state index is 0.398. The highest BCUT2D eigenvalue weighted by Gasteiger charge is 2.09. The third-order valence-electron chi connectivity index (χ3n) is 2.81. The van der Waals surface area contributed by atoms with Crippen molar-refractivity contribution in [1.82, 2.24) is 14.4 Å². The molecule has 0 amide bonds. The van der Waals surface area contributed by atoms with Crippen LogP contribution >= 0.6 is 0 Å². The lowest BCUT2D eigenvalue weighted by Gasteiger charge is -2.09. The molecule has 0 radical (unpaired) electrons. The Hall–Kier alpha value is -2.70. The minimum atomic E-state index is -0.917. The van der Waals surface area contributed by atoms with Gasteiger partial charge in [0.1, 0.15) is 5.82 Å². The highest BCUT2D eigenvalue weighted by molar-refractivity contribution is 5.71. The number of benzene rings is 1. The average Bonchev–Trinajstić information content (AvgIpc) is 2.91. The summed E-state index contributed by atoms with van der Waals surface area (Å²) in [5, 5.41) is 5.86. The Morgan fingerprint density at radius 1 is 1.20 bits per heavy atom. The number of rotatable bonds is 3. The third-order valence-corrected chi connectivity index (χ3v) is 2.81. The van der Waals surface area contributed by atoms with E-state index in [2.05, 4.69) is 20.6 Å². The van der Waals surface area contributed by atoms with Gasteiger partial charge in [0.05, 0.1) is 6.20 Å². The molecule has 7 heteroatoms. The van der Waals surface area contributed by atoms with Crippen LogP contribution in [0.2, 0.25) is 0 Å². The van der Waals surface area contributed by atoms with E-state index in [1.165, 1.54) is 6.07 Å². The van der Waals surface area contributed by atoms with Gasteiger partial charge < -0.3 is 15.0 Å². The van der Waals surface area contributed by atoms with Crippen LogP contribution < -0.4 is 10.6 Å². The Bertz CT molecular complexity index is 769. The molecule has 0 fully saturated rings. The predicted molar refractivity (Wildman–Crippen MR) is 72.2 cm³/mol. The van der Waals surface area contributed by atoms with Gasteiger partial charge in [-0.1, -0.05) is 0 Å². The molecule has 3 aromatic rings. The number of hydrogen-bond donors (Lipinski definition) is 2. The quantitative estimate of drug-likeness (QED) is 0.771. The lowest BCUT2D eigenvalue weighted by atomic mass is 10.3. The number of anilines is 3. The number of aromatic nitrogens is 3. The zero-order chi connectivity index (χ0) is 14.1. The van der Waals surface area contributed by atoms with Crippen molar-refractivity contribution in [3.8, 4) is 0 Å². The van der Waals surface area contributed by atoms with E-state index in [0.29, 0.717) is 23.0 Å². The van der Waals surface area contributed by atoms with Crippen LogP contribution in [-0.2, 0) is 0 Å². The number of hydrogen-bond acceptors (Lipinski definition) is 4. The van der Waals surface area contributed by atoms with E-state index in [1.807, 2.05) is 0 Å². The molecular weight excluding hydrogens is 264 g/mol. The van der Waals surface area contributed by atoms with Crippen LogP contribution in [0.4, 0.5) is 26.1 Å². The largest absolute Gasteiger partial charge is 0.372 e. The molecule has 0 atom stereocenters. The smallest absolute Gasteiger partial charge is 0.180 e. The summed E-state index contributed by atoms with van der Waals surface area (Å²) in [7, 11) is 1.74. The summed E-state index contributed by atoms with van der Waals surface area (Å²) in [6.07, 6.45) is 5.18. The molecule has 5 nitrogen and oxygen atoms in total. The first-order chi connectivity index (χ1) is 9.67. The molecule has 0 saturated carbocycles. The molecule has 0 bridgehead atoms. The fraction of sp³-hybridized carbons (Fsp3) is 0.0769. The second-order valence-corrected chi connectivity index (χ2v) is 4.14. The Morgan fingerprint density at radius 3 is 2.80 bits per heavy atom. The number of fused-ring (bicyclic) bond motifs is 1. The fourth-order valence-corrected chi connectivity index (χ4v) is 1.85. The van der Waals surface area contributed by atoms with E-state index in [9.17, 15) is 8.78 Å². The summed E-state index contributed by atoms with van der Waals surface area (Å²) < 4.78 is 27.9. The highest BCUT2D eigenvalue weighted by Crippen LogP contribution is 2.22. The summed E-state index contributed by atoms with van der Waals surface area (Å²) in [5.74, 6) is -0.731. The van der Waals surface area contributed by atoms with Gasteiger partial charge in [-0.25, -0.2) is 18.7 Å². The molecule has 2 N–H and O–H groups in total. The number of nitrogens with one attached hydrogen (secondary N) is 2. The first-order valence-electron chi connectivity index (χ1n) is 5.91. The van der Waals surface area contributed by atoms with Gasteiger partial charge in [-0.3, -0.25) is 0 Å². The zero-order valence-corrected chi connectivity index (χ0v) is 10.6.